The molecule has 1 aromatic heterocycles. The van der Waals surface area contributed by atoms with E-state index in [0.29, 0.717) is 29.8 Å². The number of ether oxygens (including phenoxy) is 1. The fourth-order valence-corrected chi connectivity index (χ4v) is 5.62. The normalized spacial score (nSPS) is 24.5. The molecule has 2 saturated heterocycles. The summed E-state index contributed by atoms with van der Waals surface area (Å²) in [4.78, 5) is 4.22. The maximum Gasteiger partial charge on any atom is 0.171 e. The Morgan fingerprint density at radius 3 is 2.68 bits per heavy atom. The average Bonchev–Trinajstić information content (AvgIpc) is 3.17. The minimum Gasteiger partial charge on any atom is -0.492 e. The third-order valence-corrected chi connectivity index (χ3v) is 6.90. The zero-order chi connectivity index (χ0) is 19.3. The van der Waals surface area contributed by atoms with Crippen molar-refractivity contribution < 1.29 is 4.74 Å². The number of rotatable bonds is 6. The van der Waals surface area contributed by atoms with Gasteiger partial charge < -0.3 is 15.4 Å². The van der Waals surface area contributed by atoms with Gasteiger partial charge in [-0.15, -0.1) is 11.3 Å². The molecule has 0 amide bonds. The monoisotopic (exact) mass is 415 g/mol. The summed E-state index contributed by atoms with van der Waals surface area (Å²) in [5.41, 5.74) is 0.928. The van der Waals surface area contributed by atoms with Gasteiger partial charge in [-0.05, 0) is 68.4 Å². The van der Waals surface area contributed by atoms with Crippen molar-refractivity contribution in [3.63, 3.8) is 0 Å². The van der Waals surface area contributed by atoms with E-state index in [-0.39, 0.29) is 0 Å². The second-order valence-corrected chi connectivity index (χ2v) is 9.13. The van der Waals surface area contributed by atoms with E-state index >= 15 is 0 Å². The van der Waals surface area contributed by atoms with Crippen LogP contribution in [-0.2, 0) is 6.54 Å². The fraction of sp³-hybridized carbons (Fsp3) is 0.500. The number of nitrogens with one attached hydrogen (secondary N) is 2. The van der Waals surface area contributed by atoms with Gasteiger partial charge in [0, 0.05) is 29.5 Å². The van der Waals surface area contributed by atoms with Gasteiger partial charge in [-0.25, -0.2) is 0 Å². The molecule has 150 valence electrons. The van der Waals surface area contributed by atoms with Crippen molar-refractivity contribution in [2.75, 3.05) is 11.9 Å². The van der Waals surface area contributed by atoms with E-state index in [1.54, 1.807) is 0 Å². The van der Waals surface area contributed by atoms with Crippen LogP contribution in [0.2, 0.25) is 0 Å². The molecule has 2 aromatic rings. The van der Waals surface area contributed by atoms with Gasteiger partial charge in [-0.1, -0.05) is 24.6 Å². The van der Waals surface area contributed by atoms with Gasteiger partial charge in [-0.3, -0.25) is 4.90 Å². The van der Waals surface area contributed by atoms with Crippen LogP contribution in [0.5, 0.6) is 5.75 Å². The van der Waals surface area contributed by atoms with Crippen LogP contribution in [0.15, 0.2) is 41.8 Å². The maximum absolute atomic E-state index is 5.70. The molecule has 2 fully saturated rings. The first kappa shape index (κ1) is 19.7. The number of benzene rings is 1. The number of thiocarbonyl (C=S) groups is 1. The molecule has 4 nitrogen and oxygen atoms in total. The molecule has 6 heteroatoms. The summed E-state index contributed by atoms with van der Waals surface area (Å²) in [5.74, 6) is 0.844. The molecule has 2 bridgehead atoms. The minimum atomic E-state index is 0.439. The molecule has 3 heterocycles. The van der Waals surface area contributed by atoms with E-state index in [1.807, 2.05) is 42.5 Å². The molecule has 0 aliphatic carbocycles. The molecular weight excluding hydrogens is 386 g/mol. The van der Waals surface area contributed by atoms with Crippen LogP contribution in [0.25, 0.3) is 0 Å². The fourth-order valence-electron chi connectivity index (χ4n) is 4.63. The predicted molar refractivity (Wildman–Crippen MR) is 121 cm³/mol. The highest BCUT2D eigenvalue weighted by Crippen LogP contribution is 2.36. The van der Waals surface area contributed by atoms with Crippen LogP contribution in [0.3, 0.4) is 0 Å². The van der Waals surface area contributed by atoms with Crippen molar-refractivity contribution >= 4 is 34.4 Å². The summed E-state index contributed by atoms with van der Waals surface area (Å²) in [6.45, 7) is 3.74. The Kier molecular flexibility index (Phi) is 6.50. The van der Waals surface area contributed by atoms with Crippen molar-refractivity contribution in [3.05, 3.63) is 46.7 Å². The number of thiophene rings is 1. The smallest absolute Gasteiger partial charge is 0.171 e. The molecular formula is C22H29N3OS2. The molecule has 0 spiro atoms. The van der Waals surface area contributed by atoms with E-state index in [1.165, 1.54) is 24.1 Å². The van der Waals surface area contributed by atoms with E-state index in [4.69, 9.17) is 17.0 Å². The van der Waals surface area contributed by atoms with Gasteiger partial charge in [0.15, 0.2) is 5.11 Å². The van der Waals surface area contributed by atoms with Crippen molar-refractivity contribution in [1.82, 2.24) is 10.2 Å². The first-order valence-electron chi connectivity index (χ1n) is 10.3. The third kappa shape index (κ3) is 4.67. The summed E-state index contributed by atoms with van der Waals surface area (Å²) in [6, 6.07) is 14.1. The molecule has 2 N–H and O–H groups in total. The van der Waals surface area contributed by atoms with E-state index in [0.717, 1.165) is 30.8 Å². The Balaban J connectivity index is 1.35. The highest BCUT2D eigenvalue weighted by atomic mass is 32.1. The first-order chi connectivity index (χ1) is 13.7. The molecule has 2 aliphatic heterocycles. The molecule has 4 rings (SSSR count). The summed E-state index contributed by atoms with van der Waals surface area (Å²) in [5, 5.41) is 9.81. The molecule has 2 atom stereocenters. The lowest BCUT2D eigenvalue weighted by molar-refractivity contribution is 0.0220. The van der Waals surface area contributed by atoms with E-state index in [9.17, 15) is 0 Å². The zero-order valence-electron chi connectivity index (χ0n) is 16.4. The Labute approximate surface area is 177 Å². The number of piperidine rings is 2. The quantitative estimate of drug-likeness (QED) is 0.648. The second kappa shape index (κ2) is 9.25. The van der Waals surface area contributed by atoms with Crippen molar-refractivity contribution in [2.45, 2.75) is 63.7 Å². The summed E-state index contributed by atoms with van der Waals surface area (Å²) < 4.78 is 5.70. The van der Waals surface area contributed by atoms with Gasteiger partial charge in [0.25, 0.3) is 0 Å². The number of anilines is 1. The lowest BCUT2D eigenvalue weighted by Gasteiger charge is -2.49. The molecule has 28 heavy (non-hydrogen) atoms. The van der Waals surface area contributed by atoms with Crippen LogP contribution in [0.1, 0.15) is 43.9 Å². The number of nitrogens with zero attached hydrogens (tertiary/aromatic N) is 1. The zero-order valence-corrected chi connectivity index (χ0v) is 18.0. The van der Waals surface area contributed by atoms with Gasteiger partial charge in [0.05, 0.1) is 12.3 Å². The standard InChI is InChI=1S/C22H29N3OS2/c1-2-26-21-11-4-3-10-20(21)24-22(27)23-16-13-17-7-5-8-18(14-16)25(17)15-19-9-6-12-28-19/h3-4,6,9-12,16-18H,2,5,7-8,13-15H2,1H3,(H2,23,24,27)/t17-,18-/m1/s1. The van der Waals surface area contributed by atoms with Crippen LogP contribution < -0.4 is 15.4 Å². The van der Waals surface area contributed by atoms with Crippen molar-refractivity contribution in [1.29, 1.82) is 0 Å². The van der Waals surface area contributed by atoms with Crippen LogP contribution >= 0.6 is 23.6 Å². The summed E-state index contributed by atoms with van der Waals surface area (Å²) in [6.07, 6.45) is 6.28. The highest BCUT2D eigenvalue weighted by molar-refractivity contribution is 7.80. The Bertz CT molecular complexity index is 766. The van der Waals surface area contributed by atoms with Gasteiger partial charge in [0.2, 0.25) is 0 Å². The third-order valence-electron chi connectivity index (χ3n) is 5.81. The molecule has 1 aromatic carbocycles. The van der Waals surface area contributed by atoms with E-state index in [2.05, 4.69) is 33.0 Å². The minimum absolute atomic E-state index is 0.439. The second-order valence-electron chi connectivity index (χ2n) is 7.69. The highest BCUT2D eigenvalue weighted by Gasteiger charge is 2.38. The number of hydrogen-bond donors (Lipinski definition) is 2. The lowest BCUT2D eigenvalue weighted by atomic mass is 9.81. The first-order valence-corrected chi connectivity index (χ1v) is 11.6. The maximum atomic E-state index is 5.70. The Morgan fingerprint density at radius 2 is 1.96 bits per heavy atom. The number of hydrogen-bond acceptors (Lipinski definition) is 4. The lowest BCUT2D eigenvalue weighted by Crippen LogP contribution is -2.56. The number of para-hydroxylation sites is 2. The molecule has 0 unspecified atom stereocenters. The van der Waals surface area contributed by atoms with Gasteiger partial charge >= 0.3 is 0 Å². The topological polar surface area (TPSA) is 36.5 Å². The summed E-state index contributed by atoms with van der Waals surface area (Å²) in [7, 11) is 0. The Morgan fingerprint density at radius 1 is 1.18 bits per heavy atom. The molecule has 0 radical (unpaired) electrons. The SMILES string of the molecule is CCOc1ccccc1NC(=S)NC1C[C@H]2CCC[C@H](C1)N2Cc1cccs1. The van der Waals surface area contributed by atoms with Gasteiger partial charge in [-0.2, -0.15) is 0 Å². The van der Waals surface area contributed by atoms with Crippen LogP contribution in [0.4, 0.5) is 5.69 Å². The molecule has 2 aliphatic rings. The molecule has 0 saturated carbocycles. The van der Waals surface area contributed by atoms with Crippen molar-refractivity contribution in [3.8, 4) is 5.75 Å². The van der Waals surface area contributed by atoms with E-state index < -0.39 is 0 Å². The van der Waals surface area contributed by atoms with Crippen LogP contribution in [0, 0.1) is 0 Å². The largest absolute Gasteiger partial charge is 0.492 e. The summed E-state index contributed by atoms with van der Waals surface area (Å²) >= 11 is 7.50. The van der Waals surface area contributed by atoms with Crippen LogP contribution in [-0.4, -0.2) is 34.7 Å². The van der Waals surface area contributed by atoms with Crippen molar-refractivity contribution in [2.24, 2.45) is 0 Å². The Hall–Kier alpha value is -1.63. The van der Waals surface area contributed by atoms with Gasteiger partial charge in [0.1, 0.15) is 5.75 Å². The predicted octanol–water partition coefficient (Wildman–Crippen LogP) is 5.02. The average molecular weight is 416 g/mol. The number of fused-ring (bicyclic) bond motifs is 2.